The molecular formula is C14H11N3O2S3. The maximum atomic E-state index is 12.0. The monoisotopic (exact) mass is 349 g/mol. The van der Waals surface area contributed by atoms with Gasteiger partial charge in [0.05, 0.1) is 21.5 Å². The Morgan fingerprint density at radius 1 is 1.27 bits per heavy atom. The number of thioether (sulfide) groups is 1. The zero-order chi connectivity index (χ0) is 15.5. The molecule has 8 heteroatoms. The van der Waals surface area contributed by atoms with Crippen LogP contribution in [0.1, 0.15) is 10.4 Å². The van der Waals surface area contributed by atoms with Crippen molar-refractivity contribution in [3.8, 4) is 0 Å². The van der Waals surface area contributed by atoms with Gasteiger partial charge >= 0.3 is 0 Å². The molecule has 3 aromatic rings. The molecule has 0 aliphatic carbocycles. The van der Waals surface area contributed by atoms with E-state index in [-0.39, 0.29) is 11.7 Å². The molecule has 0 radical (unpaired) electrons. The molecule has 0 aliphatic heterocycles. The van der Waals surface area contributed by atoms with Crippen molar-refractivity contribution in [3.05, 3.63) is 41.3 Å². The van der Waals surface area contributed by atoms with E-state index in [1.165, 1.54) is 23.1 Å². The van der Waals surface area contributed by atoms with E-state index in [1.54, 1.807) is 22.8 Å². The van der Waals surface area contributed by atoms with Crippen molar-refractivity contribution in [2.24, 2.45) is 5.73 Å². The van der Waals surface area contributed by atoms with E-state index in [9.17, 15) is 9.59 Å². The topological polar surface area (TPSA) is 85.1 Å². The van der Waals surface area contributed by atoms with E-state index in [2.05, 4.69) is 10.3 Å². The molecule has 2 amide bonds. The van der Waals surface area contributed by atoms with Crippen LogP contribution in [0.4, 0.5) is 5.00 Å². The first-order valence-electron chi connectivity index (χ1n) is 6.29. The van der Waals surface area contributed by atoms with Crippen LogP contribution in [-0.4, -0.2) is 22.6 Å². The number of nitrogens with one attached hydrogen (secondary N) is 1. The molecule has 0 spiro atoms. The number of hydrogen-bond acceptors (Lipinski definition) is 6. The van der Waals surface area contributed by atoms with Crippen molar-refractivity contribution in [1.82, 2.24) is 4.98 Å². The predicted octanol–water partition coefficient (Wildman–Crippen LogP) is 3.19. The molecule has 1 aromatic carbocycles. The number of nitrogens with zero attached hydrogens (tertiary/aromatic N) is 1. The average molecular weight is 349 g/mol. The molecule has 2 heterocycles. The maximum Gasteiger partial charge on any atom is 0.251 e. The lowest BCUT2D eigenvalue weighted by atomic mass is 10.3. The summed E-state index contributed by atoms with van der Waals surface area (Å²) in [6, 6.07) is 9.45. The number of anilines is 1. The lowest BCUT2D eigenvalue weighted by molar-refractivity contribution is -0.113. The van der Waals surface area contributed by atoms with Crippen molar-refractivity contribution < 1.29 is 9.59 Å². The van der Waals surface area contributed by atoms with Gasteiger partial charge in [-0.2, -0.15) is 0 Å². The lowest BCUT2D eigenvalue weighted by Crippen LogP contribution is -2.17. The number of nitrogens with two attached hydrogens (primary N) is 1. The molecule has 5 nitrogen and oxygen atoms in total. The average Bonchev–Trinajstić information content (AvgIpc) is 3.10. The maximum absolute atomic E-state index is 12.0. The number of aromatic nitrogens is 1. The third-order valence-corrected chi connectivity index (χ3v) is 5.79. The number of thiazole rings is 1. The summed E-state index contributed by atoms with van der Waals surface area (Å²) in [5, 5.41) is 4.92. The standard InChI is InChI=1S/C14H11N3O2S3/c15-12(19)8-5-6-20-13(8)17-11(18)7-21-14-16-9-3-1-2-4-10(9)22-14/h1-6H,7H2,(H2,15,19)(H,17,18). The molecule has 0 saturated heterocycles. The van der Waals surface area contributed by atoms with Gasteiger partial charge in [0.1, 0.15) is 5.00 Å². The molecule has 0 fully saturated rings. The van der Waals surface area contributed by atoms with Crippen molar-refractivity contribution in [1.29, 1.82) is 0 Å². The van der Waals surface area contributed by atoms with Crippen molar-refractivity contribution in [3.63, 3.8) is 0 Å². The van der Waals surface area contributed by atoms with Crippen LogP contribution in [0.25, 0.3) is 10.2 Å². The van der Waals surface area contributed by atoms with Crippen molar-refractivity contribution in [2.45, 2.75) is 4.34 Å². The van der Waals surface area contributed by atoms with E-state index in [0.717, 1.165) is 14.6 Å². The number of primary amides is 1. The van der Waals surface area contributed by atoms with E-state index in [4.69, 9.17) is 5.73 Å². The van der Waals surface area contributed by atoms with Crippen molar-refractivity contribution >= 4 is 61.5 Å². The Labute approximate surface area is 138 Å². The highest BCUT2D eigenvalue weighted by Gasteiger charge is 2.13. The van der Waals surface area contributed by atoms with Crippen LogP contribution in [-0.2, 0) is 4.79 Å². The molecule has 0 bridgehead atoms. The minimum Gasteiger partial charge on any atom is -0.366 e. The van der Waals surface area contributed by atoms with Gasteiger partial charge in [-0.15, -0.1) is 22.7 Å². The lowest BCUT2D eigenvalue weighted by Gasteiger charge is -2.03. The Morgan fingerprint density at radius 2 is 2.09 bits per heavy atom. The first kappa shape index (κ1) is 15.0. The second-order valence-corrected chi connectivity index (χ2v) is 7.48. The van der Waals surface area contributed by atoms with E-state index >= 15 is 0 Å². The highest BCUT2D eigenvalue weighted by Crippen LogP contribution is 2.29. The smallest absolute Gasteiger partial charge is 0.251 e. The van der Waals surface area contributed by atoms with Crippen LogP contribution in [0.3, 0.4) is 0 Å². The minimum atomic E-state index is -0.546. The Morgan fingerprint density at radius 3 is 2.86 bits per heavy atom. The quantitative estimate of drug-likeness (QED) is 0.693. The molecule has 2 aromatic heterocycles. The van der Waals surface area contributed by atoms with E-state index in [1.807, 2.05) is 24.3 Å². The fraction of sp³-hybridized carbons (Fsp3) is 0.0714. The molecule has 112 valence electrons. The molecule has 3 N–H and O–H groups in total. The molecule has 22 heavy (non-hydrogen) atoms. The Balaban J connectivity index is 1.62. The number of rotatable bonds is 5. The van der Waals surface area contributed by atoms with Crippen molar-refractivity contribution in [2.75, 3.05) is 11.1 Å². The van der Waals surface area contributed by atoms with Gasteiger partial charge in [-0.3, -0.25) is 9.59 Å². The summed E-state index contributed by atoms with van der Waals surface area (Å²) in [5.41, 5.74) is 6.52. The minimum absolute atomic E-state index is 0.186. The number of carbonyl (C=O) groups excluding carboxylic acids is 2. The molecule has 0 saturated carbocycles. The van der Waals surface area contributed by atoms with Crippen LogP contribution in [0, 0.1) is 0 Å². The summed E-state index contributed by atoms with van der Waals surface area (Å²) in [4.78, 5) is 27.6. The number of fused-ring (bicyclic) bond motifs is 1. The number of hydrogen-bond donors (Lipinski definition) is 2. The van der Waals surface area contributed by atoms with Gasteiger partial charge in [-0.05, 0) is 23.6 Å². The fourth-order valence-electron chi connectivity index (χ4n) is 1.80. The van der Waals surface area contributed by atoms with Crippen LogP contribution < -0.4 is 11.1 Å². The van der Waals surface area contributed by atoms with Gasteiger partial charge in [-0.1, -0.05) is 23.9 Å². The van der Waals surface area contributed by atoms with Gasteiger partial charge in [0.25, 0.3) is 5.91 Å². The second kappa shape index (κ2) is 6.47. The third-order valence-electron chi connectivity index (χ3n) is 2.78. The first-order valence-corrected chi connectivity index (χ1v) is 8.97. The summed E-state index contributed by atoms with van der Waals surface area (Å²) < 4.78 is 1.94. The Bertz CT molecular complexity index is 808. The summed E-state index contributed by atoms with van der Waals surface area (Å²) in [7, 11) is 0. The number of carbonyl (C=O) groups is 2. The van der Waals surface area contributed by atoms with Gasteiger partial charge in [0.15, 0.2) is 4.34 Å². The number of amides is 2. The van der Waals surface area contributed by atoms with Gasteiger partial charge < -0.3 is 11.1 Å². The zero-order valence-corrected chi connectivity index (χ0v) is 13.7. The second-order valence-electron chi connectivity index (χ2n) is 4.31. The summed E-state index contributed by atoms with van der Waals surface area (Å²) in [5.74, 6) is -0.500. The highest BCUT2D eigenvalue weighted by atomic mass is 32.2. The van der Waals surface area contributed by atoms with Gasteiger partial charge in [0, 0.05) is 0 Å². The highest BCUT2D eigenvalue weighted by molar-refractivity contribution is 8.01. The largest absolute Gasteiger partial charge is 0.366 e. The first-order chi connectivity index (χ1) is 10.6. The predicted molar refractivity (Wildman–Crippen MR) is 91.8 cm³/mol. The van der Waals surface area contributed by atoms with E-state index in [0.29, 0.717) is 10.6 Å². The molecule has 0 aliphatic rings. The molecule has 0 unspecified atom stereocenters. The summed E-state index contributed by atoms with van der Waals surface area (Å²) >= 11 is 4.21. The normalized spacial score (nSPS) is 10.7. The molecule has 0 atom stereocenters. The fourth-order valence-corrected chi connectivity index (χ4v) is 4.48. The van der Waals surface area contributed by atoms with Crippen LogP contribution in [0.2, 0.25) is 0 Å². The number of para-hydroxylation sites is 1. The van der Waals surface area contributed by atoms with Gasteiger partial charge in [0.2, 0.25) is 5.91 Å². The Hall–Kier alpha value is -1.90. The van der Waals surface area contributed by atoms with E-state index < -0.39 is 5.91 Å². The Kier molecular flexibility index (Phi) is 4.41. The number of benzene rings is 1. The molecular weight excluding hydrogens is 338 g/mol. The van der Waals surface area contributed by atoms with Crippen LogP contribution >= 0.6 is 34.4 Å². The van der Waals surface area contributed by atoms with Crippen LogP contribution in [0.15, 0.2) is 40.1 Å². The SMILES string of the molecule is NC(=O)c1ccsc1NC(=O)CSc1nc2ccccc2s1. The summed E-state index contributed by atoms with van der Waals surface area (Å²) in [6.07, 6.45) is 0. The summed E-state index contributed by atoms with van der Waals surface area (Å²) in [6.45, 7) is 0. The zero-order valence-electron chi connectivity index (χ0n) is 11.2. The van der Waals surface area contributed by atoms with Crippen LogP contribution in [0.5, 0.6) is 0 Å². The van der Waals surface area contributed by atoms with Gasteiger partial charge in [-0.25, -0.2) is 4.98 Å². The number of thiophene rings is 1. The molecule has 3 rings (SSSR count). The third kappa shape index (κ3) is 3.29.